The molecule has 4 nitrogen and oxygen atoms in total. The molecule has 0 unspecified atom stereocenters. The van der Waals surface area contributed by atoms with Crippen LogP contribution in [-0.4, -0.2) is 23.5 Å². The van der Waals surface area contributed by atoms with Gasteiger partial charge >= 0.3 is 6.18 Å². The first kappa shape index (κ1) is 17.5. The molecule has 0 saturated carbocycles. The van der Waals surface area contributed by atoms with Crippen molar-refractivity contribution in [1.82, 2.24) is 5.32 Å². The number of halogens is 3. The quantitative estimate of drug-likeness (QED) is 0.824. The number of nitrogens with one attached hydrogen (secondary N) is 1. The summed E-state index contributed by atoms with van der Waals surface area (Å²) in [7, 11) is 0. The third-order valence-electron chi connectivity index (χ3n) is 3.29. The maximum absolute atomic E-state index is 13.3. The first-order chi connectivity index (χ1) is 11.3. The number of carbonyl (C=O) groups excluding carboxylic acids is 2. The van der Waals surface area contributed by atoms with E-state index in [2.05, 4.69) is 0 Å². The molecule has 0 aromatic heterocycles. The molecule has 0 spiro atoms. The highest BCUT2D eigenvalue weighted by atomic mass is 19.4. The molecular formula is C17H14F3NO3. The van der Waals surface area contributed by atoms with Crippen LogP contribution in [0.4, 0.5) is 13.2 Å². The van der Waals surface area contributed by atoms with Crippen LogP contribution in [0, 0.1) is 0 Å². The Morgan fingerprint density at radius 2 is 1.83 bits per heavy atom. The topological polar surface area (TPSA) is 66.4 Å². The minimum absolute atomic E-state index is 0.0595. The largest absolute Gasteiger partial charge is 0.508 e. The highest BCUT2D eigenvalue weighted by Gasteiger charge is 2.41. The summed E-state index contributed by atoms with van der Waals surface area (Å²) in [5.41, 5.74) is 0.0714. The van der Waals surface area contributed by atoms with Gasteiger partial charge < -0.3 is 15.2 Å². The molecule has 0 saturated heterocycles. The molecule has 1 amide bonds. The minimum Gasteiger partial charge on any atom is -0.508 e. The third kappa shape index (κ3) is 4.34. The molecule has 0 aliphatic heterocycles. The Bertz CT molecular complexity index is 730. The van der Waals surface area contributed by atoms with Crippen molar-refractivity contribution in [2.24, 2.45) is 0 Å². The first-order valence-electron chi connectivity index (χ1n) is 7.00. The molecule has 0 heterocycles. The fraction of sp³-hybridized carbons (Fsp3) is 0.176. The monoisotopic (exact) mass is 337 g/mol. The zero-order chi connectivity index (χ0) is 17.7. The molecule has 0 bridgehead atoms. The van der Waals surface area contributed by atoms with Gasteiger partial charge in [0.25, 0.3) is 5.91 Å². The Morgan fingerprint density at radius 3 is 2.42 bits per heavy atom. The maximum atomic E-state index is 13.3. The number of benzene rings is 2. The predicted octanol–water partition coefficient (Wildman–Crippen LogP) is 3.17. The minimum atomic E-state index is -4.68. The number of hydrogen-bond acceptors (Lipinski definition) is 3. The van der Waals surface area contributed by atoms with E-state index in [1.807, 2.05) is 5.32 Å². The molecule has 0 radical (unpaired) electrons. The van der Waals surface area contributed by atoms with Crippen LogP contribution in [0.1, 0.15) is 27.5 Å². The SMILES string of the molecule is O=CCc1cc(O)cc(C(=O)N[C@H](c2ccccc2)C(F)(F)F)c1. The Hall–Kier alpha value is -2.83. The van der Waals surface area contributed by atoms with E-state index in [4.69, 9.17) is 0 Å². The van der Waals surface area contributed by atoms with Gasteiger partial charge in [-0.2, -0.15) is 13.2 Å². The van der Waals surface area contributed by atoms with Gasteiger partial charge in [0.05, 0.1) is 0 Å². The van der Waals surface area contributed by atoms with Gasteiger partial charge in [0.1, 0.15) is 12.0 Å². The lowest BCUT2D eigenvalue weighted by molar-refractivity contribution is -0.155. The molecule has 2 aromatic rings. The van der Waals surface area contributed by atoms with Crippen LogP contribution in [0.25, 0.3) is 0 Å². The summed E-state index contributed by atoms with van der Waals surface area (Å²) in [6, 6.07) is 8.38. The van der Waals surface area contributed by atoms with E-state index in [0.29, 0.717) is 11.8 Å². The number of aldehydes is 1. The smallest absolute Gasteiger partial charge is 0.412 e. The number of aromatic hydroxyl groups is 1. The van der Waals surface area contributed by atoms with Gasteiger partial charge in [0.2, 0.25) is 0 Å². The molecule has 24 heavy (non-hydrogen) atoms. The molecule has 2 rings (SSSR count). The van der Waals surface area contributed by atoms with Crippen LogP contribution in [0.2, 0.25) is 0 Å². The molecule has 1 atom stereocenters. The van der Waals surface area contributed by atoms with E-state index in [-0.39, 0.29) is 23.3 Å². The van der Waals surface area contributed by atoms with Crippen LogP contribution < -0.4 is 5.32 Å². The van der Waals surface area contributed by atoms with Crippen molar-refractivity contribution in [2.75, 3.05) is 0 Å². The normalized spacial score (nSPS) is 12.5. The summed E-state index contributed by atoms with van der Waals surface area (Å²) >= 11 is 0. The first-order valence-corrected chi connectivity index (χ1v) is 7.00. The predicted molar refractivity (Wildman–Crippen MR) is 80.6 cm³/mol. The summed E-state index contributed by atoms with van der Waals surface area (Å²) in [4.78, 5) is 22.7. The summed E-state index contributed by atoms with van der Waals surface area (Å²) in [5.74, 6) is -1.30. The van der Waals surface area contributed by atoms with Gasteiger partial charge in [-0.25, -0.2) is 0 Å². The lowest BCUT2D eigenvalue weighted by Gasteiger charge is -2.22. The zero-order valence-electron chi connectivity index (χ0n) is 12.4. The Morgan fingerprint density at radius 1 is 1.17 bits per heavy atom. The number of phenols is 1. The van der Waals surface area contributed by atoms with E-state index in [0.717, 1.165) is 6.07 Å². The van der Waals surface area contributed by atoms with Gasteiger partial charge in [0.15, 0.2) is 6.04 Å². The van der Waals surface area contributed by atoms with E-state index in [9.17, 15) is 27.9 Å². The molecule has 2 aromatic carbocycles. The molecule has 0 fully saturated rings. The molecule has 0 aliphatic rings. The standard InChI is InChI=1S/C17H14F3NO3/c18-17(19,20)15(12-4-2-1-3-5-12)21-16(24)13-8-11(6-7-22)9-14(23)10-13/h1-5,7-10,15,23H,6H2,(H,21,24)/t15-/m1/s1. The van der Waals surface area contributed by atoms with Crippen molar-refractivity contribution in [2.45, 2.75) is 18.6 Å². The summed E-state index contributed by atoms with van der Waals surface area (Å²) in [5, 5.41) is 11.5. The second-order valence-corrected chi connectivity index (χ2v) is 5.12. The van der Waals surface area contributed by atoms with Crippen LogP contribution >= 0.6 is 0 Å². The highest BCUT2D eigenvalue weighted by molar-refractivity contribution is 5.95. The average Bonchev–Trinajstić information content (AvgIpc) is 2.52. The number of alkyl halides is 3. The maximum Gasteiger partial charge on any atom is 0.412 e. The van der Waals surface area contributed by atoms with Crippen molar-refractivity contribution in [3.63, 3.8) is 0 Å². The molecule has 126 valence electrons. The van der Waals surface area contributed by atoms with Crippen molar-refractivity contribution < 1.29 is 27.9 Å². The molecule has 7 heteroatoms. The number of phenolic OH excluding ortho intramolecular Hbond substituents is 1. The Balaban J connectivity index is 2.30. The number of rotatable bonds is 5. The second kappa shape index (κ2) is 7.16. The third-order valence-corrected chi connectivity index (χ3v) is 3.29. The van der Waals surface area contributed by atoms with Crippen molar-refractivity contribution in [1.29, 1.82) is 0 Å². The van der Waals surface area contributed by atoms with Gasteiger partial charge in [-0.05, 0) is 29.3 Å². The van der Waals surface area contributed by atoms with E-state index < -0.39 is 18.1 Å². The molecular weight excluding hydrogens is 323 g/mol. The van der Waals surface area contributed by atoms with Gasteiger partial charge in [-0.1, -0.05) is 30.3 Å². The van der Waals surface area contributed by atoms with Crippen LogP contribution in [0.5, 0.6) is 5.75 Å². The van der Waals surface area contributed by atoms with Crippen LogP contribution in [0.15, 0.2) is 48.5 Å². The summed E-state index contributed by atoms with van der Waals surface area (Å²) < 4.78 is 39.8. The van der Waals surface area contributed by atoms with Gasteiger partial charge in [0, 0.05) is 12.0 Å². The van der Waals surface area contributed by atoms with Crippen molar-refractivity contribution in [3.05, 3.63) is 65.2 Å². The fourth-order valence-electron chi connectivity index (χ4n) is 2.23. The highest BCUT2D eigenvalue weighted by Crippen LogP contribution is 2.33. The van der Waals surface area contributed by atoms with Crippen molar-refractivity contribution >= 4 is 12.2 Å². The molecule has 0 aliphatic carbocycles. The Labute approximate surface area is 135 Å². The summed E-state index contributed by atoms with van der Waals surface area (Å²) in [6.07, 6.45) is -4.17. The number of hydrogen-bond donors (Lipinski definition) is 2. The zero-order valence-corrected chi connectivity index (χ0v) is 12.4. The number of amides is 1. The lowest BCUT2D eigenvalue weighted by atomic mass is 10.0. The van der Waals surface area contributed by atoms with Crippen molar-refractivity contribution in [3.8, 4) is 5.75 Å². The van der Waals surface area contributed by atoms with Crippen LogP contribution in [-0.2, 0) is 11.2 Å². The summed E-state index contributed by atoms with van der Waals surface area (Å²) in [6.45, 7) is 0. The van der Waals surface area contributed by atoms with E-state index in [1.165, 1.54) is 36.4 Å². The van der Waals surface area contributed by atoms with E-state index in [1.54, 1.807) is 6.07 Å². The molecule has 2 N–H and O–H groups in total. The van der Waals surface area contributed by atoms with E-state index >= 15 is 0 Å². The van der Waals surface area contributed by atoms with Gasteiger partial charge in [-0.3, -0.25) is 4.79 Å². The average molecular weight is 337 g/mol. The second-order valence-electron chi connectivity index (χ2n) is 5.12. The Kier molecular flexibility index (Phi) is 5.23. The number of carbonyl (C=O) groups is 2. The fourth-order valence-corrected chi connectivity index (χ4v) is 2.23. The lowest BCUT2D eigenvalue weighted by Crippen LogP contribution is -2.38. The van der Waals surface area contributed by atoms with Crippen LogP contribution in [0.3, 0.4) is 0 Å². The van der Waals surface area contributed by atoms with Gasteiger partial charge in [-0.15, -0.1) is 0 Å².